The second kappa shape index (κ2) is 5.96. The van der Waals surface area contributed by atoms with Gasteiger partial charge in [-0.1, -0.05) is 23.4 Å². The van der Waals surface area contributed by atoms with Crippen molar-refractivity contribution in [2.75, 3.05) is 5.32 Å². The zero-order valence-electron chi connectivity index (χ0n) is 12.3. The minimum Gasteiger partial charge on any atom is -0.322 e. The molecule has 0 saturated carbocycles. The van der Waals surface area contributed by atoms with Gasteiger partial charge >= 0.3 is 0 Å². The molecule has 3 aromatic rings. The number of aromatic nitrogens is 3. The Kier molecular flexibility index (Phi) is 3.84. The van der Waals surface area contributed by atoms with Crippen LogP contribution in [0.15, 0.2) is 47.3 Å². The molecule has 1 heterocycles. The van der Waals surface area contributed by atoms with E-state index in [2.05, 4.69) is 15.6 Å². The number of hydrogen-bond donors (Lipinski definition) is 1. The van der Waals surface area contributed by atoms with E-state index < -0.39 is 17.3 Å². The van der Waals surface area contributed by atoms with E-state index in [1.807, 2.05) is 0 Å². The number of fused-ring (bicyclic) bond motifs is 1. The minimum absolute atomic E-state index is 0.0665. The lowest BCUT2D eigenvalue weighted by atomic mass is 10.2. The molecule has 3 rings (SSSR count). The first-order valence-electron chi connectivity index (χ1n) is 6.93. The van der Waals surface area contributed by atoms with Crippen LogP contribution in [0.1, 0.15) is 5.56 Å². The number of nitrogens with one attached hydrogen (secondary N) is 1. The molecule has 2 aromatic carbocycles. The Morgan fingerprint density at radius 1 is 1.26 bits per heavy atom. The largest absolute Gasteiger partial charge is 0.322 e. The molecule has 0 aliphatic heterocycles. The molecule has 7 heteroatoms. The number of aryl methyl sites for hydroxylation is 1. The maximum Gasteiger partial charge on any atom is 0.278 e. The number of anilines is 1. The van der Waals surface area contributed by atoms with Crippen molar-refractivity contribution >= 4 is 22.5 Å². The molecule has 0 spiro atoms. The Morgan fingerprint density at radius 2 is 2.04 bits per heavy atom. The smallest absolute Gasteiger partial charge is 0.278 e. The highest BCUT2D eigenvalue weighted by Gasteiger charge is 2.11. The average Bonchev–Trinajstić information content (AvgIpc) is 2.54. The van der Waals surface area contributed by atoms with E-state index >= 15 is 0 Å². The summed E-state index contributed by atoms with van der Waals surface area (Å²) in [5.41, 5.74) is 0.913. The van der Waals surface area contributed by atoms with Crippen molar-refractivity contribution in [3.05, 3.63) is 64.2 Å². The maximum absolute atomic E-state index is 13.6. The molecule has 0 saturated heterocycles. The second-order valence-electron chi connectivity index (χ2n) is 5.10. The first-order valence-corrected chi connectivity index (χ1v) is 6.93. The van der Waals surface area contributed by atoms with Crippen LogP contribution in [0.2, 0.25) is 0 Å². The topological polar surface area (TPSA) is 76.9 Å². The van der Waals surface area contributed by atoms with Crippen molar-refractivity contribution in [3.8, 4) is 0 Å². The molecular formula is C16H13FN4O2. The highest BCUT2D eigenvalue weighted by Crippen LogP contribution is 2.15. The highest BCUT2D eigenvalue weighted by atomic mass is 19.1. The molecule has 0 bridgehead atoms. The number of halogens is 1. The maximum atomic E-state index is 13.6. The summed E-state index contributed by atoms with van der Waals surface area (Å²) < 4.78 is 14.6. The first-order chi connectivity index (χ1) is 11.0. The van der Waals surface area contributed by atoms with E-state index in [4.69, 9.17) is 0 Å². The van der Waals surface area contributed by atoms with E-state index in [1.54, 1.807) is 37.3 Å². The van der Waals surface area contributed by atoms with Gasteiger partial charge in [-0.3, -0.25) is 9.59 Å². The zero-order chi connectivity index (χ0) is 16.4. The van der Waals surface area contributed by atoms with E-state index in [0.29, 0.717) is 10.9 Å². The van der Waals surface area contributed by atoms with Crippen LogP contribution in [0.3, 0.4) is 0 Å². The van der Waals surface area contributed by atoms with Crippen LogP contribution in [0.4, 0.5) is 10.1 Å². The van der Waals surface area contributed by atoms with Gasteiger partial charge in [0.2, 0.25) is 5.91 Å². The third-order valence-electron chi connectivity index (χ3n) is 3.32. The predicted molar refractivity (Wildman–Crippen MR) is 83.6 cm³/mol. The molecule has 1 aromatic heterocycles. The molecule has 0 aliphatic rings. The summed E-state index contributed by atoms with van der Waals surface area (Å²) in [4.78, 5) is 24.3. The molecule has 0 radical (unpaired) electrons. The number of carbonyl (C=O) groups is 1. The standard InChI is InChI=1S/C16H13FN4O2/c1-10-6-7-12(17)14(8-10)18-15(22)9-21-16(23)11-4-2-3-5-13(11)19-20-21/h2-8H,9H2,1H3,(H,18,22). The molecule has 23 heavy (non-hydrogen) atoms. The van der Waals surface area contributed by atoms with Crippen LogP contribution in [0.5, 0.6) is 0 Å². The lowest BCUT2D eigenvalue weighted by Gasteiger charge is -2.08. The molecule has 116 valence electrons. The Bertz CT molecular complexity index is 952. The summed E-state index contributed by atoms with van der Waals surface area (Å²) in [6, 6.07) is 11.1. The molecule has 0 unspecified atom stereocenters. The van der Waals surface area contributed by atoms with E-state index in [1.165, 1.54) is 12.1 Å². The summed E-state index contributed by atoms with van der Waals surface area (Å²) in [6.45, 7) is 1.44. The molecule has 0 fully saturated rings. The van der Waals surface area contributed by atoms with Gasteiger partial charge in [0.25, 0.3) is 5.56 Å². The van der Waals surface area contributed by atoms with Crippen LogP contribution in [0.25, 0.3) is 10.9 Å². The zero-order valence-corrected chi connectivity index (χ0v) is 12.3. The van der Waals surface area contributed by atoms with Gasteiger partial charge in [-0.15, -0.1) is 5.10 Å². The van der Waals surface area contributed by atoms with E-state index in [0.717, 1.165) is 10.2 Å². The molecule has 0 atom stereocenters. The third-order valence-corrected chi connectivity index (χ3v) is 3.32. The van der Waals surface area contributed by atoms with Crippen LogP contribution in [0, 0.1) is 12.7 Å². The first kappa shape index (κ1) is 14.8. The fourth-order valence-electron chi connectivity index (χ4n) is 2.19. The quantitative estimate of drug-likeness (QED) is 0.801. The van der Waals surface area contributed by atoms with Crippen LogP contribution < -0.4 is 10.9 Å². The Balaban J connectivity index is 1.84. The van der Waals surface area contributed by atoms with Crippen molar-refractivity contribution in [3.63, 3.8) is 0 Å². The Hall–Kier alpha value is -3.09. The van der Waals surface area contributed by atoms with Gasteiger partial charge in [0.05, 0.1) is 11.1 Å². The molecule has 1 N–H and O–H groups in total. The van der Waals surface area contributed by atoms with Crippen LogP contribution in [-0.4, -0.2) is 20.9 Å². The summed E-state index contributed by atoms with van der Waals surface area (Å²) in [7, 11) is 0. The van der Waals surface area contributed by atoms with Gasteiger partial charge in [-0.25, -0.2) is 9.07 Å². The number of amides is 1. The monoisotopic (exact) mass is 312 g/mol. The van der Waals surface area contributed by atoms with Gasteiger partial charge < -0.3 is 5.32 Å². The Morgan fingerprint density at radius 3 is 2.87 bits per heavy atom. The minimum atomic E-state index is -0.554. The normalized spacial score (nSPS) is 10.7. The average molecular weight is 312 g/mol. The van der Waals surface area contributed by atoms with Crippen molar-refractivity contribution in [1.82, 2.24) is 15.0 Å². The van der Waals surface area contributed by atoms with Gasteiger partial charge in [-0.05, 0) is 36.8 Å². The fourth-order valence-corrected chi connectivity index (χ4v) is 2.19. The number of carbonyl (C=O) groups excluding carboxylic acids is 1. The fraction of sp³-hybridized carbons (Fsp3) is 0.125. The predicted octanol–water partition coefficient (Wildman–Crippen LogP) is 1.88. The number of benzene rings is 2. The molecule has 1 amide bonds. The molecular weight excluding hydrogens is 299 g/mol. The number of nitrogens with zero attached hydrogens (tertiary/aromatic N) is 3. The SMILES string of the molecule is Cc1ccc(F)c(NC(=O)Cn2nnc3ccccc3c2=O)c1. The van der Waals surface area contributed by atoms with Crippen molar-refractivity contribution < 1.29 is 9.18 Å². The Labute approximate surface area is 130 Å². The van der Waals surface area contributed by atoms with Gasteiger partial charge in [0, 0.05) is 0 Å². The summed E-state index contributed by atoms with van der Waals surface area (Å²) in [5, 5.41) is 10.4. The van der Waals surface area contributed by atoms with Crippen molar-refractivity contribution in [1.29, 1.82) is 0 Å². The van der Waals surface area contributed by atoms with Gasteiger partial charge in [-0.2, -0.15) is 0 Å². The summed E-state index contributed by atoms with van der Waals surface area (Å²) >= 11 is 0. The number of hydrogen-bond acceptors (Lipinski definition) is 4. The summed E-state index contributed by atoms with van der Waals surface area (Å²) in [5.74, 6) is -1.10. The lowest BCUT2D eigenvalue weighted by Crippen LogP contribution is -2.30. The lowest BCUT2D eigenvalue weighted by molar-refractivity contribution is -0.117. The third kappa shape index (κ3) is 3.08. The number of rotatable bonds is 3. The van der Waals surface area contributed by atoms with Gasteiger partial charge in [0.1, 0.15) is 17.9 Å². The summed E-state index contributed by atoms with van der Waals surface area (Å²) in [6.07, 6.45) is 0. The van der Waals surface area contributed by atoms with Crippen molar-refractivity contribution in [2.45, 2.75) is 13.5 Å². The molecule has 6 nitrogen and oxygen atoms in total. The van der Waals surface area contributed by atoms with Crippen molar-refractivity contribution in [2.24, 2.45) is 0 Å². The van der Waals surface area contributed by atoms with Gasteiger partial charge in [0.15, 0.2) is 0 Å². The second-order valence-corrected chi connectivity index (χ2v) is 5.10. The highest BCUT2D eigenvalue weighted by molar-refractivity contribution is 5.90. The van der Waals surface area contributed by atoms with E-state index in [9.17, 15) is 14.0 Å². The molecule has 0 aliphatic carbocycles. The van der Waals surface area contributed by atoms with Crippen LogP contribution in [-0.2, 0) is 11.3 Å². The van der Waals surface area contributed by atoms with E-state index in [-0.39, 0.29) is 12.2 Å². The van der Waals surface area contributed by atoms with Crippen LogP contribution >= 0.6 is 0 Å².